The molecule has 0 aliphatic carbocycles. The van der Waals surface area contributed by atoms with E-state index in [9.17, 15) is 10.2 Å². The van der Waals surface area contributed by atoms with Gasteiger partial charge in [-0.15, -0.1) is 0 Å². The SMILES string of the molecule is CC(C)(C)c1cc([C@@H](c2ccc(Cl)cc2)N2CCN(CCO)CC2)cc(C(C)(C)C)c1O. The molecule has 0 saturated carbocycles. The number of aliphatic hydroxyl groups excluding tert-OH is 1. The molecule has 5 heteroatoms. The van der Waals surface area contributed by atoms with Gasteiger partial charge in [0.05, 0.1) is 12.6 Å². The highest BCUT2D eigenvalue weighted by Crippen LogP contribution is 2.43. The van der Waals surface area contributed by atoms with Gasteiger partial charge in [0, 0.05) is 37.7 Å². The van der Waals surface area contributed by atoms with Crippen LogP contribution >= 0.6 is 11.6 Å². The van der Waals surface area contributed by atoms with Crippen molar-refractivity contribution in [3.8, 4) is 5.75 Å². The number of nitrogens with zero attached hydrogens (tertiary/aromatic N) is 2. The van der Waals surface area contributed by atoms with Crippen LogP contribution in [0.25, 0.3) is 0 Å². The van der Waals surface area contributed by atoms with Gasteiger partial charge in [-0.2, -0.15) is 0 Å². The normalized spacial score (nSPS) is 17.5. The number of aliphatic hydroxyl groups is 1. The molecule has 0 spiro atoms. The minimum atomic E-state index is -0.176. The lowest BCUT2D eigenvalue weighted by Crippen LogP contribution is -2.48. The van der Waals surface area contributed by atoms with Crippen LogP contribution in [0, 0.1) is 0 Å². The standard InChI is InChI=1S/C27H39ClN2O2/c1-26(2,3)22-17-20(18-23(25(22)32)27(4,5)6)24(19-7-9-21(28)10-8-19)30-13-11-29(12-14-30)15-16-31/h7-10,17-18,24,31-32H,11-16H2,1-6H3/t24-/m1/s1. The second kappa shape index (κ2) is 9.72. The van der Waals surface area contributed by atoms with E-state index in [0.717, 1.165) is 48.9 Å². The first-order chi connectivity index (χ1) is 14.9. The number of phenolic OH excluding ortho intramolecular Hbond substituents is 1. The van der Waals surface area contributed by atoms with Crippen molar-refractivity contribution in [3.63, 3.8) is 0 Å². The Labute approximate surface area is 198 Å². The van der Waals surface area contributed by atoms with Crippen LogP contribution in [0.2, 0.25) is 5.02 Å². The van der Waals surface area contributed by atoms with Crippen LogP contribution in [0.3, 0.4) is 0 Å². The highest BCUT2D eigenvalue weighted by molar-refractivity contribution is 6.30. The van der Waals surface area contributed by atoms with Crippen LogP contribution in [0.15, 0.2) is 36.4 Å². The number of rotatable bonds is 5. The molecule has 1 heterocycles. The van der Waals surface area contributed by atoms with Gasteiger partial charge in [0.2, 0.25) is 0 Å². The number of aromatic hydroxyl groups is 1. The molecule has 1 aliphatic heterocycles. The third kappa shape index (κ3) is 5.66. The van der Waals surface area contributed by atoms with Gasteiger partial charge in [-0.25, -0.2) is 0 Å². The van der Waals surface area contributed by atoms with Crippen LogP contribution in [0.1, 0.15) is 69.8 Å². The second-order valence-corrected chi connectivity index (χ2v) is 11.5. The van der Waals surface area contributed by atoms with Gasteiger partial charge in [-0.1, -0.05) is 65.3 Å². The van der Waals surface area contributed by atoms with Gasteiger partial charge in [0.15, 0.2) is 0 Å². The van der Waals surface area contributed by atoms with Crippen molar-refractivity contribution in [1.29, 1.82) is 0 Å². The summed E-state index contributed by atoms with van der Waals surface area (Å²) in [4.78, 5) is 4.83. The molecular formula is C27H39ClN2O2. The zero-order chi connectivity index (χ0) is 23.7. The lowest BCUT2D eigenvalue weighted by Gasteiger charge is -2.40. The molecule has 2 N–H and O–H groups in total. The molecule has 0 radical (unpaired) electrons. The Morgan fingerprint density at radius 1 is 0.844 bits per heavy atom. The number of benzene rings is 2. The van der Waals surface area contributed by atoms with Crippen LogP contribution in [-0.4, -0.2) is 59.3 Å². The maximum Gasteiger partial charge on any atom is 0.123 e. The first kappa shape index (κ1) is 25.0. The predicted molar refractivity (Wildman–Crippen MR) is 134 cm³/mol. The van der Waals surface area contributed by atoms with Crippen molar-refractivity contribution >= 4 is 11.6 Å². The quantitative estimate of drug-likeness (QED) is 0.634. The summed E-state index contributed by atoms with van der Waals surface area (Å²) in [6, 6.07) is 12.6. The Bertz CT molecular complexity index is 870. The lowest BCUT2D eigenvalue weighted by molar-refractivity contribution is 0.0944. The lowest BCUT2D eigenvalue weighted by atomic mass is 9.77. The Balaban J connectivity index is 2.13. The van der Waals surface area contributed by atoms with E-state index in [2.05, 4.69) is 75.6 Å². The summed E-state index contributed by atoms with van der Waals surface area (Å²) in [7, 11) is 0. The molecule has 1 saturated heterocycles. The fourth-order valence-corrected chi connectivity index (χ4v) is 4.73. The fourth-order valence-electron chi connectivity index (χ4n) is 4.60. The zero-order valence-electron chi connectivity index (χ0n) is 20.5. The Morgan fingerprint density at radius 2 is 1.34 bits per heavy atom. The molecular weight excluding hydrogens is 420 g/mol. The average molecular weight is 459 g/mol. The van der Waals surface area contributed by atoms with Gasteiger partial charge in [-0.3, -0.25) is 9.80 Å². The second-order valence-electron chi connectivity index (χ2n) is 11.0. The summed E-state index contributed by atoms with van der Waals surface area (Å²) >= 11 is 6.22. The topological polar surface area (TPSA) is 46.9 Å². The monoisotopic (exact) mass is 458 g/mol. The van der Waals surface area contributed by atoms with E-state index < -0.39 is 0 Å². The summed E-state index contributed by atoms with van der Waals surface area (Å²) in [6.45, 7) is 17.6. The van der Waals surface area contributed by atoms with Gasteiger partial charge in [-0.05, 0) is 57.3 Å². The van der Waals surface area contributed by atoms with Gasteiger partial charge in [0.1, 0.15) is 5.75 Å². The van der Waals surface area contributed by atoms with Crippen LogP contribution in [0.5, 0.6) is 5.75 Å². The van der Waals surface area contributed by atoms with Gasteiger partial charge in [0.25, 0.3) is 0 Å². The smallest absolute Gasteiger partial charge is 0.123 e. The first-order valence-electron chi connectivity index (χ1n) is 11.6. The number of β-amino-alcohol motifs (C(OH)–C–C–N with tert-alkyl or cyclic N) is 1. The Morgan fingerprint density at radius 3 is 1.78 bits per heavy atom. The van der Waals surface area contributed by atoms with E-state index >= 15 is 0 Å². The van der Waals surface area contributed by atoms with E-state index in [1.807, 2.05) is 12.1 Å². The number of hydrogen-bond donors (Lipinski definition) is 2. The van der Waals surface area contributed by atoms with E-state index in [0.29, 0.717) is 5.75 Å². The third-order valence-electron chi connectivity index (χ3n) is 6.44. The average Bonchev–Trinajstić information content (AvgIpc) is 2.70. The number of piperazine rings is 1. The third-order valence-corrected chi connectivity index (χ3v) is 6.69. The van der Waals surface area contributed by atoms with E-state index in [4.69, 9.17) is 11.6 Å². The summed E-state index contributed by atoms with van der Waals surface area (Å²) in [6.07, 6.45) is 0. The molecule has 1 atom stereocenters. The molecule has 32 heavy (non-hydrogen) atoms. The van der Waals surface area contributed by atoms with Gasteiger partial charge >= 0.3 is 0 Å². The van der Waals surface area contributed by atoms with Crippen molar-refractivity contribution in [2.24, 2.45) is 0 Å². The van der Waals surface area contributed by atoms with E-state index in [-0.39, 0.29) is 23.5 Å². The van der Waals surface area contributed by atoms with Crippen LogP contribution in [0.4, 0.5) is 0 Å². The zero-order valence-corrected chi connectivity index (χ0v) is 21.2. The number of phenols is 1. The molecule has 176 valence electrons. The molecule has 3 rings (SSSR count). The van der Waals surface area contributed by atoms with Crippen molar-refractivity contribution in [2.75, 3.05) is 39.3 Å². The van der Waals surface area contributed by atoms with E-state index in [1.54, 1.807) is 0 Å². The number of hydrogen-bond acceptors (Lipinski definition) is 4. The molecule has 1 aliphatic rings. The minimum Gasteiger partial charge on any atom is -0.507 e. The highest BCUT2D eigenvalue weighted by Gasteiger charge is 2.31. The predicted octanol–water partition coefficient (Wildman–Crippen LogP) is 5.34. The van der Waals surface area contributed by atoms with E-state index in [1.165, 1.54) is 11.1 Å². The van der Waals surface area contributed by atoms with Crippen molar-refractivity contribution in [3.05, 3.63) is 63.7 Å². The molecule has 2 aromatic carbocycles. The summed E-state index contributed by atoms with van der Waals surface area (Å²) in [5.74, 6) is 0.413. The molecule has 0 unspecified atom stereocenters. The fraction of sp³-hybridized carbons (Fsp3) is 0.556. The van der Waals surface area contributed by atoms with Crippen molar-refractivity contribution in [2.45, 2.75) is 58.4 Å². The van der Waals surface area contributed by atoms with Gasteiger partial charge < -0.3 is 10.2 Å². The van der Waals surface area contributed by atoms with Crippen LogP contribution < -0.4 is 0 Å². The van der Waals surface area contributed by atoms with Crippen molar-refractivity contribution in [1.82, 2.24) is 9.80 Å². The highest BCUT2D eigenvalue weighted by atomic mass is 35.5. The molecule has 0 amide bonds. The molecule has 1 fully saturated rings. The van der Waals surface area contributed by atoms with Crippen LogP contribution in [-0.2, 0) is 10.8 Å². The summed E-state index contributed by atoms with van der Waals surface area (Å²) in [5, 5.41) is 21.3. The molecule has 0 aromatic heterocycles. The Kier molecular flexibility index (Phi) is 7.61. The molecule has 0 bridgehead atoms. The molecule has 2 aromatic rings. The maximum atomic E-state index is 11.2. The summed E-state index contributed by atoms with van der Waals surface area (Å²) in [5.41, 5.74) is 4.02. The minimum absolute atomic E-state index is 0.0753. The first-order valence-corrected chi connectivity index (χ1v) is 12.0. The number of halogens is 1. The molecule has 4 nitrogen and oxygen atoms in total. The summed E-state index contributed by atoms with van der Waals surface area (Å²) < 4.78 is 0. The Hall–Kier alpha value is -1.59. The maximum absolute atomic E-state index is 11.2. The largest absolute Gasteiger partial charge is 0.507 e. The van der Waals surface area contributed by atoms with Crippen molar-refractivity contribution < 1.29 is 10.2 Å².